The highest BCUT2D eigenvalue weighted by Crippen LogP contribution is 2.12. The molecule has 1 aromatic heterocycles. The number of hydrogen-bond acceptors (Lipinski definition) is 4. The van der Waals surface area contributed by atoms with E-state index in [1.807, 2.05) is 0 Å². The van der Waals surface area contributed by atoms with Gasteiger partial charge < -0.3 is 0 Å². The van der Waals surface area contributed by atoms with Crippen LogP contribution in [0, 0.1) is 11.3 Å². The molecule has 0 N–H and O–H groups in total. The maximum atomic E-state index is 11.5. The fourth-order valence-corrected chi connectivity index (χ4v) is 2.60. The number of hydrogen-bond donors (Lipinski definition) is 0. The molecule has 0 radical (unpaired) electrons. The van der Waals surface area contributed by atoms with Gasteiger partial charge >= 0.3 is 0 Å². The Morgan fingerprint density at radius 2 is 2.29 bits per heavy atom. The first-order valence-electron chi connectivity index (χ1n) is 3.75. The van der Waals surface area contributed by atoms with E-state index >= 15 is 0 Å². The van der Waals surface area contributed by atoms with Crippen LogP contribution in [0.3, 0.4) is 0 Å². The lowest BCUT2D eigenvalue weighted by atomic mass is 10.3. The summed E-state index contributed by atoms with van der Waals surface area (Å²) in [5, 5.41) is 8.47. The van der Waals surface area contributed by atoms with Gasteiger partial charge in [-0.05, 0) is 12.1 Å². The molecule has 0 bridgehead atoms. The summed E-state index contributed by atoms with van der Waals surface area (Å²) >= 11 is 5.34. The largest absolute Gasteiger partial charge is 0.243 e. The SMILES string of the molecule is N#Cc1cccnc1S(=O)(=O)CCCl. The van der Waals surface area contributed by atoms with Crippen LogP contribution in [0.4, 0.5) is 0 Å². The summed E-state index contributed by atoms with van der Waals surface area (Å²) < 4.78 is 23.0. The van der Waals surface area contributed by atoms with Crippen molar-refractivity contribution >= 4 is 21.4 Å². The van der Waals surface area contributed by atoms with Gasteiger partial charge in [0, 0.05) is 12.1 Å². The van der Waals surface area contributed by atoms with E-state index in [1.165, 1.54) is 18.3 Å². The van der Waals surface area contributed by atoms with Gasteiger partial charge in [-0.3, -0.25) is 0 Å². The highest BCUT2D eigenvalue weighted by atomic mass is 35.5. The number of aromatic nitrogens is 1. The number of halogens is 1. The molecular weight excluding hydrogens is 224 g/mol. The third kappa shape index (κ3) is 2.22. The van der Waals surface area contributed by atoms with Crippen molar-refractivity contribution in [1.29, 1.82) is 5.26 Å². The second-order valence-corrected chi connectivity index (χ2v) is 4.88. The third-order valence-electron chi connectivity index (χ3n) is 1.53. The zero-order valence-corrected chi connectivity index (χ0v) is 8.72. The molecule has 0 amide bonds. The van der Waals surface area contributed by atoms with Crippen molar-refractivity contribution in [3.05, 3.63) is 23.9 Å². The van der Waals surface area contributed by atoms with Gasteiger partial charge in [0.15, 0.2) is 14.9 Å². The lowest BCUT2D eigenvalue weighted by Crippen LogP contribution is -2.11. The minimum absolute atomic E-state index is 0.0101. The average Bonchev–Trinajstić information content (AvgIpc) is 2.18. The van der Waals surface area contributed by atoms with Gasteiger partial charge in [-0.2, -0.15) is 5.26 Å². The second kappa shape index (κ2) is 4.40. The molecule has 4 nitrogen and oxygen atoms in total. The molecule has 0 atom stereocenters. The van der Waals surface area contributed by atoms with Crippen LogP contribution >= 0.6 is 11.6 Å². The molecule has 1 aromatic rings. The predicted molar refractivity (Wildman–Crippen MR) is 51.7 cm³/mol. The maximum absolute atomic E-state index is 11.5. The minimum Gasteiger partial charge on any atom is -0.243 e. The van der Waals surface area contributed by atoms with Gasteiger partial charge in [-0.15, -0.1) is 11.6 Å². The fraction of sp³-hybridized carbons (Fsp3) is 0.250. The Labute approximate surface area is 87.1 Å². The highest BCUT2D eigenvalue weighted by Gasteiger charge is 2.19. The van der Waals surface area contributed by atoms with Crippen molar-refractivity contribution in [1.82, 2.24) is 4.98 Å². The maximum Gasteiger partial charge on any atom is 0.198 e. The van der Waals surface area contributed by atoms with Crippen molar-refractivity contribution in [2.75, 3.05) is 11.6 Å². The normalized spacial score (nSPS) is 10.9. The van der Waals surface area contributed by atoms with E-state index in [1.54, 1.807) is 6.07 Å². The van der Waals surface area contributed by atoms with Crippen LogP contribution in [-0.4, -0.2) is 25.0 Å². The number of nitriles is 1. The van der Waals surface area contributed by atoms with Crippen LogP contribution in [0.15, 0.2) is 23.4 Å². The molecular formula is C8H7ClN2O2S. The molecule has 1 rings (SSSR count). The zero-order chi connectivity index (χ0) is 10.6. The van der Waals surface area contributed by atoms with E-state index in [4.69, 9.17) is 16.9 Å². The number of pyridine rings is 1. The monoisotopic (exact) mass is 230 g/mol. The van der Waals surface area contributed by atoms with E-state index in [0.29, 0.717) is 0 Å². The standard InChI is InChI=1S/C8H7ClN2O2S/c9-3-5-14(12,13)8-7(6-10)2-1-4-11-8/h1-2,4H,3,5H2. The van der Waals surface area contributed by atoms with Crippen LogP contribution in [0.1, 0.15) is 5.56 Å². The lowest BCUT2D eigenvalue weighted by molar-refractivity contribution is 0.593. The average molecular weight is 231 g/mol. The van der Waals surface area contributed by atoms with Gasteiger partial charge in [0.25, 0.3) is 0 Å². The minimum atomic E-state index is -3.52. The summed E-state index contributed by atoms with van der Waals surface area (Å²) in [6, 6.07) is 4.70. The smallest absolute Gasteiger partial charge is 0.198 e. The Balaban J connectivity index is 3.27. The molecule has 1 heterocycles. The Morgan fingerprint density at radius 1 is 1.57 bits per heavy atom. The molecule has 0 fully saturated rings. The Kier molecular flexibility index (Phi) is 3.44. The lowest BCUT2D eigenvalue weighted by Gasteiger charge is -2.01. The molecule has 0 spiro atoms. The Morgan fingerprint density at radius 3 is 2.86 bits per heavy atom. The van der Waals surface area contributed by atoms with Crippen LogP contribution in [0.25, 0.3) is 0 Å². The number of sulfone groups is 1. The van der Waals surface area contributed by atoms with Crippen LogP contribution < -0.4 is 0 Å². The third-order valence-corrected chi connectivity index (χ3v) is 3.60. The fourth-order valence-electron chi connectivity index (χ4n) is 0.922. The van der Waals surface area contributed by atoms with Crippen molar-refractivity contribution in [3.63, 3.8) is 0 Å². The Hall–Kier alpha value is -1.12. The topological polar surface area (TPSA) is 70.8 Å². The molecule has 0 saturated heterocycles. The van der Waals surface area contributed by atoms with Gasteiger partial charge in [-0.1, -0.05) is 0 Å². The van der Waals surface area contributed by atoms with E-state index in [-0.39, 0.29) is 22.2 Å². The van der Waals surface area contributed by atoms with Gasteiger partial charge in [0.1, 0.15) is 6.07 Å². The second-order valence-electron chi connectivity index (χ2n) is 2.48. The van der Waals surface area contributed by atoms with Crippen molar-refractivity contribution in [3.8, 4) is 6.07 Å². The van der Waals surface area contributed by atoms with Gasteiger partial charge in [0.2, 0.25) is 0 Å². The van der Waals surface area contributed by atoms with Crippen LogP contribution in [-0.2, 0) is 9.84 Å². The van der Waals surface area contributed by atoms with Crippen LogP contribution in [0.2, 0.25) is 0 Å². The summed E-state index contributed by atoms with van der Waals surface area (Å²) in [5.74, 6) is -0.218. The van der Waals surface area contributed by atoms with E-state index in [2.05, 4.69) is 4.98 Å². The number of rotatable bonds is 3. The molecule has 0 aromatic carbocycles. The van der Waals surface area contributed by atoms with Crippen molar-refractivity contribution in [2.24, 2.45) is 0 Å². The van der Waals surface area contributed by atoms with Gasteiger partial charge in [-0.25, -0.2) is 13.4 Å². The predicted octanol–water partition coefficient (Wildman–Crippen LogP) is 0.966. The first kappa shape index (κ1) is 11.0. The molecule has 74 valence electrons. The first-order valence-corrected chi connectivity index (χ1v) is 5.94. The molecule has 0 unspecified atom stereocenters. The molecule has 6 heteroatoms. The van der Waals surface area contributed by atoms with Gasteiger partial charge in [0.05, 0.1) is 11.3 Å². The molecule has 14 heavy (non-hydrogen) atoms. The summed E-state index contributed by atoms with van der Waals surface area (Å²) in [7, 11) is -3.52. The molecule has 0 saturated carbocycles. The molecule has 0 aliphatic rings. The number of nitrogens with zero attached hydrogens (tertiary/aromatic N) is 2. The highest BCUT2D eigenvalue weighted by molar-refractivity contribution is 7.91. The van der Waals surface area contributed by atoms with Crippen molar-refractivity contribution in [2.45, 2.75) is 5.03 Å². The van der Waals surface area contributed by atoms with Crippen molar-refractivity contribution < 1.29 is 8.42 Å². The van der Waals surface area contributed by atoms with E-state index in [9.17, 15) is 8.42 Å². The Bertz CT molecular complexity index is 464. The first-order chi connectivity index (χ1) is 6.61. The number of alkyl halides is 1. The summed E-state index contributed by atoms with van der Waals surface area (Å²) in [5.41, 5.74) is 0.0533. The van der Waals surface area contributed by atoms with E-state index < -0.39 is 9.84 Å². The zero-order valence-electron chi connectivity index (χ0n) is 7.14. The van der Waals surface area contributed by atoms with E-state index in [0.717, 1.165) is 0 Å². The summed E-state index contributed by atoms with van der Waals surface area (Å²) in [6.07, 6.45) is 1.34. The van der Waals surface area contributed by atoms with Crippen LogP contribution in [0.5, 0.6) is 0 Å². The quantitative estimate of drug-likeness (QED) is 0.726. The summed E-state index contributed by atoms with van der Waals surface area (Å²) in [4.78, 5) is 3.67. The summed E-state index contributed by atoms with van der Waals surface area (Å²) in [6.45, 7) is 0. The molecule has 0 aliphatic heterocycles. The molecule has 0 aliphatic carbocycles.